The van der Waals surface area contributed by atoms with Crippen molar-refractivity contribution in [2.45, 2.75) is 0 Å². The molecule has 0 atom stereocenters. The predicted molar refractivity (Wildman–Crippen MR) is 68.5 cm³/mol. The van der Waals surface area contributed by atoms with Crippen LogP contribution in [0.2, 0.25) is 10.0 Å². The van der Waals surface area contributed by atoms with Crippen molar-refractivity contribution in [2.75, 3.05) is 12.8 Å². The normalized spacial score (nSPS) is 10.3. The molecule has 2 N–H and O–H groups in total. The highest BCUT2D eigenvalue weighted by molar-refractivity contribution is 6.37. The topological polar surface area (TPSA) is 61.0 Å². The van der Waals surface area contributed by atoms with Gasteiger partial charge in [0.15, 0.2) is 0 Å². The SMILES string of the molecule is COc1cncc(-c2nc(N)c(Cl)cc2Cl)c1. The van der Waals surface area contributed by atoms with Gasteiger partial charge in [-0.1, -0.05) is 23.2 Å². The molecule has 2 aromatic heterocycles. The molecule has 0 aliphatic heterocycles. The maximum Gasteiger partial charge on any atom is 0.143 e. The van der Waals surface area contributed by atoms with Gasteiger partial charge in [-0.25, -0.2) is 4.98 Å². The third-order valence-corrected chi connectivity index (χ3v) is 2.77. The molecule has 4 nitrogen and oxygen atoms in total. The second-order valence-corrected chi connectivity index (χ2v) is 4.11. The number of nitrogens with two attached hydrogens (primary N) is 1. The van der Waals surface area contributed by atoms with Gasteiger partial charge in [0.25, 0.3) is 0 Å². The number of halogens is 2. The van der Waals surface area contributed by atoms with Crippen LogP contribution in [0.5, 0.6) is 5.75 Å². The van der Waals surface area contributed by atoms with Crippen LogP contribution in [0.4, 0.5) is 5.82 Å². The summed E-state index contributed by atoms with van der Waals surface area (Å²) in [6, 6.07) is 3.33. The first kappa shape index (κ1) is 12.0. The monoisotopic (exact) mass is 269 g/mol. The Bertz CT molecular complexity index is 560. The van der Waals surface area contributed by atoms with Gasteiger partial charge >= 0.3 is 0 Å². The highest BCUT2D eigenvalue weighted by Crippen LogP contribution is 2.31. The molecule has 0 aliphatic rings. The van der Waals surface area contributed by atoms with Crippen LogP contribution in [0.1, 0.15) is 0 Å². The minimum atomic E-state index is 0.230. The number of nitrogen functional groups attached to an aromatic ring is 1. The number of ether oxygens (including phenoxy) is 1. The van der Waals surface area contributed by atoms with Gasteiger partial charge in [-0.3, -0.25) is 4.98 Å². The van der Waals surface area contributed by atoms with Gasteiger partial charge in [0.1, 0.15) is 11.6 Å². The maximum absolute atomic E-state index is 6.06. The van der Waals surface area contributed by atoms with Crippen molar-refractivity contribution in [3.05, 3.63) is 34.6 Å². The van der Waals surface area contributed by atoms with Crippen LogP contribution in [0.25, 0.3) is 11.3 Å². The Hall–Kier alpha value is -1.52. The first-order chi connectivity index (χ1) is 8.11. The summed E-state index contributed by atoms with van der Waals surface area (Å²) in [6.45, 7) is 0. The molecule has 0 saturated carbocycles. The molecule has 88 valence electrons. The summed E-state index contributed by atoms with van der Waals surface area (Å²) in [5.74, 6) is 0.850. The average molecular weight is 270 g/mol. The predicted octanol–water partition coefficient (Wildman–Crippen LogP) is 3.04. The summed E-state index contributed by atoms with van der Waals surface area (Å²) < 4.78 is 5.08. The minimum Gasteiger partial charge on any atom is -0.495 e. The van der Waals surface area contributed by atoms with Crippen LogP contribution in [0.3, 0.4) is 0 Å². The van der Waals surface area contributed by atoms with Crippen molar-refractivity contribution in [1.82, 2.24) is 9.97 Å². The van der Waals surface area contributed by atoms with Crippen molar-refractivity contribution in [2.24, 2.45) is 0 Å². The number of pyridine rings is 2. The lowest BCUT2D eigenvalue weighted by Gasteiger charge is -2.07. The zero-order valence-electron chi connectivity index (χ0n) is 8.95. The van der Waals surface area contributed by atoms with E-state index in [1.807, 2.05) is 0 Å². The molecular weight excluding hydrogens is 261 g/mol. The Labute approximate surface area is 108 Å². The molecule has 0 aliphatic carbocycles. The second-order valence-electron chi connectivity index (χ2n) is 3.30. The molecule has 0 spiro atoms. The third-order valence-electron chi connectivity index (χ3n) is 2.18. The van der Waals surface area contributed by atoms with Crippen LogP contribution < -0.4 is 10.5 Å². The number of anilines is 1. The van der Waals surface area contributed by atoms with Crippen LogP contribution in [-0.4, -0.2) is 17.1 Å². The van der Waals surface area contributed by atoms with E-state index in [0.717, 1.165) is 5.56 Å². The third kappa shape index (κ3) is 2.43. The zero-order chi connectivity index (χ0) is 12.4. The zero-order valence-corrected chi connectivity index (χ0v) is 10.5. The highest BCUT2D eigenvalue weighted by atomic mass is 35.5. The molecular formula is C11H9Cl2N3O. The van der Waals surface area contributed by atoms with E-state index in [-0.39, 0.29) is 5.82 Å². The first-order valence-corrected chi connectivity index (χ1v) is 5.48. The summed E-state index contributed by atoms with van der Waals surface area (Å²) >= 11 is 11.9. The van der Waals surface area contributed by atoms with Gasteiger partial charge in [0, 0.05) is 11.8 Å². The minimum absolute atomic E-state index is 0.230. The highest BCUT2D eigenvalue weighted by Gasteiger charge is 2.10. The Morgan fingerprint density at radius 1 is 1.18 bits per heavy atom. The Balaban J connectivity index is 2.56. The van der Waals surface area contributed by atoms with E-state index in [2.05, 4.69) is 9.97 Å². The number of hydrogen-bond donors (Lipinski definition) is 1. The lowest BCUT2D eigenvalue weighted by molar-refractivity contribution is 0.413. The van der Waals surface area contributed by atoms with E-state index in [0.29, 0.717) is 21.5 Å². The number of nitrogens with zero attached hydrogens (tertiary/aromatic N) is 2. The largest absolute Gasteiger partial charge is 0.495 e. The van der Waals surface area contributed by atoms with Gasteiger partial charge in [-0.05, 0) is 12.1 Å². The number of rotatable bonds is 2. The van der Waals surface area contributed by atoms with Gasteiger partial charge in [-0.2, -0.15) is 0 Å². The Morgan fingerprint density at radius 3 is 2.65 bits per heavy atom. The quantitative estimate of drug-likeness (QED) is 0.911. The molecule has 0 radical (unpaired) electrons. The molecule has 0 bridgehead atoms. The van der Waals surface area contributed by atoms with Gasteiger partial charge in [0.05, 0.1) is 29.0 Å². The van der Waals surface area contributed by atoms with Crippen LogP contribution >= 0.6 is 23.2 Å². The number of aromatic nitrogens is 2. The van der Waals surface area contributed by atoms with Gasteiger partial charge < -0.3 is 10.5 Å². The molecule has 0 fully saturated rings. The van der Waals surface area contributed by atoms with Crippen LogP contribution in [0.15, 0.2) is 24.5 Å². The van der Waals surface area contributed by atoms with E-state index < -0.39 is 0 Å². The second kappa shape index (κ2) is 4.77. The van der Waals surface area contributed by atoms with Crippen molar-refractivity contribution in [3.8, 4) is 17.0 Å². The Kier molecular flexibility index (Phi) is 3.36. The van der Waals surface area contributed by atoms with E-state index in [9.17, 15) is 0 Å². The standard InChI is InChI=1S/C11H9Cl2N3O/c1-17-7-2-6(4-15-5-7)10-8(12)3-9(13)11(14)16-10/h2-5H,1H3,(H2,14,16). The summed E-state index contributed by atoms with van der Waals surface area (Å²) in [6.07, 6.45) is 3.22. The fourth-order valence-electron chi connectivity index (χ4n) is 1.34. The summed E-state index contributed by atoms with van der Waals surface area (Å²) in [5.41, 5.74) is 6.89. The van der Waals surface area contributed by atoms with Gasteiger partial charge in [0.2, 0.25) is 0 Å². The fraction of sp³-hybridized carbons (Fsp3) is 0.0909. The molecule has 2 heterocycles. The summed E-state index contributed by atoms with van der Waals surface area (Å²) in [5, 5.41) is 0.744. The van der Waals surface area contributed by atoms with Crippen molar-refractivity contribution in [3.63, 3.8) is 0 Å². The van der Waals surface area contributed by atoms with Crippen molar-refractivity contribution in [1.29, 1.82) is 0 Å². The molecule has 0 unspecified atom stereocenters. The fourth-order valence-corrected chi connectivity index (χ4v) is 1.81. The van der Waals surface area contributed by atoms with Gasteiger partial charge in [-0.15, -0.1) is 0 Å². The lowest BCUT2D eigenvalue weighted by Crippen LogP contribution is -1.95. The lowest BCUT2D eigenvalue weighted by atomic mass is 10.2. The van der Waals surface area contributed by atoms with Crippen molar-refractivity contribution >= 4 is 29.0 Å². The van der Waals surface area contributed by atoms with Crippen molar-refractivity contribution < 1.29 is 4.74 Å². The molecule has 2 aromatic rings. The molecule has 0 amide bonds. The smallest absolute Gasteiger partial charge is 0.143 e. The Morgan fingerprint density at radius 2 is 1.94 bits per heavy atom. The van der Waals surface area contributed by atoms with Crippen LogP contribution in [-0.2, 0) is 0 Å². The molecule has 6 heteroatoms. The average Bonchev–Trinajstić information content (AvgIpc) is 2.34. The molecule has 0 aromatic carbocycles. The van der Waals surface area contributed by atoms with Crippen LogP contribution in [0, 0.1) is 0 Å². The molecule has 0 saturated heterocycles. The molecule has 17 heavy (non-hydrogen) atoms. The summed E-state index contributed by atoms with van der Waals surface area (Å²) in [7, 11) is 1.56. The number of methoxy groups -OCH3 is 1. The van der Waals surface area contributed by atoms with E-state index >= 15 is 0 Å². The van der Waals surface area contributed by atoms with E-state index in [1.165, 1.54) is 0 Å². The first-order valence-electron chi connectivity index (χ1n) is 4.72. The maximum atomic E-state index is 6.06. The molecule has 2 rings (SSSR count). The summed E-state index contributed by atoms with van der Waals surface area (Å²) in [4.78, 5) is 8.16. The number of hydrogen-bond acceptors (Lipinski definition) is 4. The van der Waals surface area contributed by atoms with E-state index in [1.54, 1.807) is 31.6 Å². The van der Waals surface area contributed by atoms with E-state index in [4.69, 9.17) is 33.7 Å².